The van der Waals surface area contributed by atoms with Crippen molar-refractivity contribution < 1.29 is 18.7 Å². The highest BCUT2D eigenvalue weighted by Gasteiger charge is 2.21. The molecule has 0 aliphatic carbocycles. The lowest BCUT2D eigenvalue weighted by atomic mass is 10.2. The van der Waals surface area contributed by atoms with Crippen LogP contribution in [0, 0.1) is 32.1 Å². The van der Waals surface area contributed by atoms with Gasteiger partial charge in [-0.3, -0.25) is 9.48 Å². The number of hydrogen-bond acceptors (Lipinski definition) is 7. The van der Waals surface area contributed by atoms with Gasteiger partial charge in [-0.1, -0.05) is 0 Å². The zero-order valence-electron chi connectivity index (χ0n) is 18.7. The van der Waals surface area contributed by atoms with Crippen LogP contribution >= 0.6 is 0 Å². The Hall–Kier alpha value is -4.39. The van der Waals surface area contributed by atoms with Crippen molar-refractivity contribution in [2.24, 2.45) is 7.05 Å². The number of carbonyl (C=O) groups excluding carboxylic acids is 2. The second-order valence-corrected chi connectivity index (χ2v) is 7.64. The minimum absolute atomic E-state index is 0.219. The van der Waals surface area contributed by atoms with E-state index in [4.69, 9.17) is 9.15 Å². The molecule has 0 spiro atoms. The number of furan rings is 1. The highest BCUT2D eigenvalue weighted by atomic mass is 16.5. The Morgan fingerprint density at radius 3 is 2.79 bits per heavy atom. The standard InChI is InChI=1S/C23H22N6O4/c1-13-15(3)29(11-17-6-5-7-32-17)22(19(13)9-24)26-20(30)12-33-23(31)16-8-18-14(2)27-28(4)21(18)25-10-16/h5-8,10H,11-12H2,1-4H3,(H,26,30). The first-order chi connectivity index (χ1) is 15.8. The van der Waals surface area contributed by atoms with Crippen LogP contribution in [0.15, 0.2) is 35.1 Å². The number of nitriles is 1. The first-order valence-electron chi connectivity index (χ1n) is 10.2. The van der Waals surface area contributed by atoms with E-state index >= 15 is 0 Å². The summed E-state index contributed by atoms with van der Waals surface area (Å²) in [5, 5.41) is 17.3. The van der Waals surface area contributed by atoms with E-state index in [1.165, 1.54) is 6.20 Å². The number of anilines is 1. The molecule has 0 bridgehead atoms. The Morgan fingerprint density at radius 2 is 2.09 bits per heavy atom. The average Bonchev–Trinajstić information content (AvgIpc) is 3.47. The van der Waals surface area contributed by atoms with E-state index in [1.807, 2.05) is 26.8 Å². The van der Waals surface area contributed by atoms with E-state index in [1.54, 1.807) is 34.7 Å². The molecule has 1 N–H and O–H groups in total. The van der Waals surface area contributed by atoms with Crippen molar-refractivity contribution in [1.29, 1.82) is 5.26 Å². The van der Waals surface area contributed by atoms with E-state index in [0.29, 0.717) is 29.3 Å². The predicted molar refractivity (Wildman–Crippen MR) is 119 cm³/mol. The van der Waals surface area contributed by atoms with Gasteiger partial charge < -0.3 is 19.0 Å². The van der Waals surface area contributed by atoms with Gasteiger partial charge in [0, 0.05) is 24.3 Å². The molecule has 33 heavy (non-hydrogen) atoms. The van der Waals surface area contributed by atoms with Crippen molar-refractivity contribution in [3.63, 3.8) is 0 Å². The Kier molecular flexibility index (Phi) is 5.70. The molecule has 168 valence electrons. The van der Waals surface area contributed by atoms with Gasteiger partial charge in [-0.2, -0.15) is 10.4 Å². The molecule has 4 aromatic heterocycles. The minimum atomic E-state index is -0.679. The summed E-state index contributed by atoms with van der Waals surface area (Å²) in [7, 11) is 1.77. The van der Waals surface area contributed by atoms with Crippen molar-refractivity contribution in [1.82, 2.24) is 19.3 Å². The molecule has 4 heterocycles. The van der Waals surface area contributed by atoms with Gasteiger partial charge in [0.05, 0.1) is 29.6 Å². The van der Waals surface area contributed by atoms with Crippen LogP contribution in [0.1, 0.15) is 38.6 Å². The number of ether oxygens (including phenoxy) is 1. The van der Waals surface area contributed by atoms with E-state index in [0.717, 1.165) is 22.3 Å². The second-order valence-electron chi connectivity index (χ2n) is 7.64. The van der Waals surface area contributed by atoms with Gasteiger partial charge in [-0.25, -0.2) is 9.78 Å². The summed E-state index contributed by atoms with van der Waals surface area (Å²) in [6.45, 7) is 5.32. The molecule has 0 saturated carbocycles. The molecule has 0 radical (unpaired) electrons. The summed E-state index contributed by atoms with van der Waals surface area (Å²) in [5.74, 6) is -0.238. The monoisotopic (exact) mass is 446 g/mol. The fraction of sp³-hybridized carbons (Fsp3) is 0.261. The molecule has 4 aromatic rings. The van der Waals surface area contributed by atoms with Gasteiger partial charge in [0.2, 0.25) is 0 Å². The van der Waals surface area contributed by atoms with Crippen LogP contribution in [0.3, 0.4) is 0 Å². The molecular weight excluding hydrogens is 424 g/mol. The summed E-state index contributed by atoms with van der Waals surface area (Å²) in [5.41, 5.74) is 3.52. The number of esters is 1. The third-order valence-electron chi connectivity index (χ3n) is 5.53. The zero-order valence-corrected chi connectivity index (χ0v) is 18.7. The number of nitrogens with zero attached hydrogens (tertiary/aromatic N) is 5. The molecule has 0 unspecified atom stereocenters. The number of nitrogens with one attached hydrogen (secondary N) is 1. The van der Waals surface area contributed by atoms with Gasteiger partial charge in [0.15, 0.2) is 12.3 Å². The molecule has 0 atom stereocenters. The molecule has 4 rings (SSSR count). The van der Waals surface area contributed by atoms with E-state index < -0.39 is 18.5 Å². The number of amides is 1. The summed E-state index contributed by atoms with van der Waals surface area (Å²) < 4.78 is 14.0. The first-order valence-corrected chi connectivity index (χ1v) is 10.2. The van der Waals surface area contributed by atoms with E-state index in [9.17, 15) is 14.9 Å². The lowest BCUT2D eigenvalue weighted by molar-refractivity contribution is -0.119. The quantitative estimate of drug-likeness (QED) is 0.451. The third-order valence-corrected chi connectivity index (χ3v) is 5.53. The summed E-state index contributed by atoms with van der Waals surface area (Å²) in [4.78, 5) is 29.3. The van der Waals surface area contributed by atoms with Crippen LogP contribution in [0.4, 0.5) is 5.82 Å². The molecule has 0 aliphatic heterocycles. The number of aromatic nitrogens is 4. The van der Waals surface area contributed by atoms with Crippen molar-refractivity contribution in [3.05, 3.63) is 64.5 Å². The number of pyridine rings is 1. The van der Waals surface area contributed by atoms with Crippen LogP contribution in [0.2, 0.25) is 0 Å². The molecule has 0 aliphatic rings. The summed E-state index contributed by atoms with van der Waals surface area (Å²) in [6.07, 6.45) is 2.95. The van der Waals surface area contributed by atoms with Crippen LogP contribution in [-0.4, -0.2) is 37.8 Å². The van der Waals surface area contributed by atoms with Crippen molar-refractivity contribution >= 4 is 28.7 Å². The largest absolute Gasteiger partial charge is 0.467 e. The third kappa shape index (κ3) is 4.08. The van der Waals surface area contributed by atoms with Gasteiger partial charge in [0.25, 0.3) is 5.91 Å². The summed E-state index contributed by atoms with van der Waals surface area (Å²) >= 11 is 0. The highest BCUT2D eigenvalue weighted by molar-refractivity contribution is 5.97. The number of aryl methyl sites for hydroxylation is 2. The maximum absolute atomic E-state index is 12.6. The van der Waals surface area contributed by atoms with Gasteiger partial charge in [-0.05, 0) is 44.5 Å². The normalized spacial score (nSPS) is 10.9. The molecule has 0 saturated heterocycles. The van der Waals surface area contributed by atoms with Crippen LogP contribution in [0.25, 0.3) is 11.0 Å². The number of carbonyl (C=O) groups is 2. The molecule has 0 aromatic carbocycles. The second kappa shape index (κ2) is 8.63. The average molecular weight is 446 g/mol. The van der Waals surface area contributed by atoms with Crippen LogP contribution in [0.5, 0.6) is 0 Å². The number of hydrogen-bond donors (Lipinski definition) is 1. The molecular formula is C23H22N6O4. The maximum Gasteiger partial charge on any atom is 0.340 e. The fourth-order valence-corrected chi connectivity index (χ4v) is 3.69. The van der Waals surface area contributed by atoms with Crippen LogP contribution in [-0.2, 0) is 23.1 Å². The summed E-state index contributed by atoms with van der Waals surface area (Å²) in [6, 6.07) is 7.35. The Labute approximate surface area is 189 Å². The number of fused-ring (bicyclic) bond motifs is 1. The predicted octanol–water partition coefficient (Wildman–Crippen LogP) is 3.00. The lowest BCUT2D eigenvalue weighted by Crippen LogP contribution is -2.23. The Balaban J connectivity index is 1.49. The number of rotatable bonds is 6. The van der Waals surface area contributed by atoms with Crippen molar-refractivity contribution in [2.45, 2.75) is 27.3 Å². The Bertz CT molecular complexity index is 1410. The van der Waals surface area contributed by atoms with E-state index in [-0.39, 0.29) is 5.56 Å². The van der Waals surface area contributed by atoms with Gasteiger partial charge >= 0.3 is 5.97 Å². The maximum atomic E-state index is 12.6. The lowest BCUT2D eigenvalue weighted by Gasteiger charge is -2.12. The molecule has 10 nitrogen and oxygen atoms in total. The van der Waals surface area contributed by atoms with Crippen LogP contribution < -0.4 is 5.32 Å². The first kappa shape index (κ1) is 21.8. The topological polar surface area (TPSA) is 128 Å². The van der Waals surface area contributed by atoms with Gasteiger partial charge in [0.1, 0.15) is 17.6 Å². The van der Waals surface area contributed by atoms with Gasteiger partial charge in [-0.15, -0.1) is 0 Å². The highest BCUT2D eigenvalue weighted by Crippen LogP contribution is 2.27. The zero-order chi connectivity index (χ0) is 23.7. The Morgan fingerprint density at radius 1 is 1.30 bits per heavy atom. The van der Waals surface area contributed by atoms with Crippen molar-refractivity contribution in [2.75, 3.05) is 11.9 Å². The fourth-order valence-electron chi connectivity index (χ4n) is 3.69. The van der Waals surface area contributed by atoms with E-state index in [2.05, 4.69) is 21.5 Å². The molecule has 0 fully saturated rings. The van der Waals surface area contributed by atoms with Crippen molar-refractivity contribution in [3.8, 4) is 6.07 Å². The molecule has 10 heteroatoms. The SMILES string of the molecule is Cc1c(C#N)c(NC(=O)COC(=O)c2cnc3c(c2)c(C)nn3C)n(Cc2ccco2)c1C. The minimum Gasteiger partial charge on any atom is -0.467 e. The molecule has 1 amide bonds. The smallest absolute Gasteiger partial charge is 0.340 e.